The molecule has 0 aliphatic carbocycles. The Morgan fingerprint density at radius 2 is 1.58 bits per heavy atom. The van der Waals surface area contributed by atoms with E-state index < -0.39 is 17.7 Å². The van der Waals surface area contributed by atoms with E-state index in [2.05, 4.69) is 32.7 Å². The topological polar surface area (TPSA) is 58.6 Å². The molecule has 4 nitrogen and oxygen atoms in total. The molecule has 0 aliphatic rings. The number of hydrogen-bond acceptors (Lipinski definition) is 4. The lowest BCUT2D eigenvalue weighted by molar-refractivity contribution is -0.138. The van der Waals surface area contributed by atoms with Crippen molar-refractivity contribution in [2.45, 2.75) is 45.9 Å². The molecule has 0 saturated heterocycles. The van der Waals surface area contributed by atoms with E-state index in [1.54, 1.807) is 11.3 Å². The van der Waals surface area contributed by atoms with Crippen LogP contribution in [0.5, 0.6) is 5.75 Å². The highest BCUT2D eigenvalue weighted by Gasteiger charge is 2.30. The number of carboxylic acid groups (broad SMARTS) is 1. The highest BCUT2D eigenvalue weighted by atomic mass is 32.1. The van der Waals surface area contributed by atoms with Crippen LogP contribution in [-0.2, 0) is 11.0 Å². The number of hydrogen-bond donors (Lipinski definition) is 2. The third-order valence-electron chi connectivity index (χ3n) is 5.39. The Kier molecular flexibility index (Phi) is 8.51. The summed E-state index contributed by atoms with van der Waals surface area (Å²) in [5.41, 5.74) is 1.48. The third-order valence-corrected chi connectivity index (χ3v) is 6.63. The molecular weight excluding hydrogens is 487 g/mol. The van der Waals surface area contributed by atoms with Crippen molar-refractivity contribution >= 4 is 23.0 Å². The molecule has 2 aromatic carbocycles. The maximum absolute atomic E-state index is 12.8. The predicted octanol–water partition coefficient (Wildman–Crippen LogP) is 8.03. The van der Waals surface area contributed by atoms with Crippen molar-refractivity contribution in [2.75, 3.05) is 6.54 Å². The highest BCUT2D eigenvalue weighted by molar-refractivity contribution is 7.13. The van der Waals surface area contributed by atoms with E-state index in [1.165, 1.54) is 12.1 Å². The van der Waals surface area contributed by atoms with Gasteiger partial charge in [0, 0.05) is 22.0 Å². The molecule has 8 heteroatoms. The minimum Gasteiger partial charge on any atom is -0.485 e. The Balaban J connectivity index is 1.74. The van der Waals surface area contributed by atoms with Crippen LogP contribution in [0.25, 0.3) is 16.8 Å². The minimum absolute atomic E-state index is 0.00820. The normalized spacial score (nSPS) is 12.7. The molecule has 1 unspecified atom stereocenters. The molecule has 3 rings (SSSR count). The maximum atomic E-state index is 12.8. The molecule has 192 valence electrons. The van der Waals surface area contributed by atoms with Gasteiger partial charge < -0.3 is 15.2 Å². The van der Waals surface area contributed by atoms with Crippen LogP contribution in [0.1, 0.15) is 55.0 Å². The van der Waals surface area contributed by atoms with E-state index in [9.17, 15) is 18.0 Å². The zero-order valence-electron chi connectivity index (χ0n) is 20.5. The second-order valence-electron chi connectivity index (χ2n) is 9.72. The van der Waals surface area contributed by atoms with Gasteiger partial charge in [0.25, 0.3) is 0 Å². The van der Waals surface area contributed by atoms with Gasteiger partial charge in [0.1, 0.15) is 11.9 Å². The smallest absolute Gasteiger partial charge is 0.416 e. The van der Waals surface area contributed by atoms with Gasteiger partial charge in [0.05, 0.1) is 12.0 Å². The van der Waals surface area contributed by atoms with E-state index in [-0.39, 0.29) is 17.9 Å². The van der Waals surface area contributed by atoms with E-state index in [1.807, 2.05) is 36.4 Å². The van der Waals surface area contributed by atoms with E-state index in [0.717, 1.165) is 33.9 Å². The largest absolute Gasteiger partial charge is 0.485 e. The number of halogens is 3. The number of carbonyl (C=O) groups is 1. The zero-order chi connectivity index (χ0) is 26.5. The number of alkyl halides is 3. The highest BCUT2D eigenvalue weighted by Crippen LogP contribution is 2.38. The summed E-state index contributed by atoms with van der Waals surface area (Å²) in [5.74, 6) is -0.210. The Hall–Kier alpha value is -3.26. The van der Waals surface area contributed by atoms with E-state index in [0.29, 0.717) is 23.6 Å². The fourth-order valence-corrected chi connectivity index (χ4v) is 4.58. The van der Waals surface area contributed by atoms with Crippen LogP contribution in [0.3, 0.4) is 0 Å². The van der Waals surface area contributed by atoms with Gasteiger partial charge in [-0.05, 0) is 59.4 Å². The van der Waals surface area contributed by atoms with Crippen molar-refractivity contribution in [1.82, 2.24) is 5.32 Å². The fourth-order valence-electron chi connectivity index (χ4n) is 3.59. The zero-order valence-corrected chi connectivity index (χ0v) is 21.3. The number of aliphatic carboxylic acids is 1. The van der Waals surface area contributed by atoms with Crippen molar-refractivity contribution in [2.24, 2.45) is 5.41 Å². The Labute approximate surface area is 213 Å². The molecule has 1 aromatic heterocycles. The third kappa shape index (κ3) is 7.88. The van der Waals surface area contributed by atoms with Gasteiger partial charge in [0.15, 0.2) is 0 Å². The molecule has 3 aromatic rings. The number of thiophene rings is 1. The Morgan fingerprint density at radius 3 is 2.11 bits per heavy atom. The molecular formula is C28H30F3NO3S. The number of benzene rings is 2. The summed E-state index contributed by atoms with van der Waals surface area (Å²) < 4.78 is 44.9. The van der Waals surface area contributed by atoms with Crippen molar-refractivity contribution < 1.29 is 27.8 Å². The molecule has 0 aliphatic heterocycles. The van der Waals surface area contributed by atoms with Crippen molar-refractivity contribution in [3.05, 3.63) is 82.6 Å². The second kappa shape index (κ2) is 11.2. The van der Waals surface area contributed by atoms with Gasteiger partial charge in [-0.25, -0.2) is 0 Å². The summed E-state index contributed by atoms with van der Waals surface area (Å²) in [7, 11) is 0. The van der Waals surface area contributed by atoms with Crippen LogP contribution >= 0.6 is 11.3 Å². The molecule has 0 radical (unpaired) electrons. The fraction of sp³-hybridized carbons (Fsp3) is 0.321. The molecule has 0 fully saturated rings. The molecule has 2 N–H and O–H groups in total. The van der Waals surface area contributed by atoms with Crippen molar-refractivity contribution in [1.29, 1.82) is 0 Å². The van der Waals surface area contributed by atoms with Crippen LogP contribution in [0.2, 0.25) is 0 Å². The number of carboxylic acids is 1. The van der Waals surface area contributed by atoms with Gasteiger partial charge in [-0.15, -0.1) is 11.3 Å². The summed E-state index contributed by atoms with van der Waals surface area (Å²) in [4.78, 5) is 12.7. The maximum Gasteiger partial charge on any atom is 0.416 e. The first-order valence-corrected chi connectivity index (χ1v) is 12.3. The molecule has 36 heavy (non-hydrogen) atoms. The van der Waals surface area contributed by atoms with Crippen molar-refractivity contribution in [3.8, 4) is 16.9 Å². The van der Waals surface area contributed by atoms with Gasteiger partial charge >= 0.3 is 12.1 Å². The predicted molar refractivity (Wildman–Crippen MR) is 138 cm³/mol. The van der Waals surface area contributed by atoms with Crippen LogP contribution in [0.4, 0.5) is 13.2 Å². The van der Waals surface area contributed by atoms with E-state index in [4.69, 9.17) is 9.84 Å². The lowest BCUT2D eigenvalue weighted by Crippen LogP contribution is -2.16. The first-order chi connectivity index (χ1) is 16.8. The van der Waals surface area contributed by atoms with Crippen molar-refractivity contribution in [3.63, 3.8) is 0 Å². The van der Waals surface area contributed by atoms with Gasteiger partial charge in [0.2, 0.25) is 0 Å². The molecule has 0 saturated carbocycles. The van der Waals surface area contributed by atoms with Crippen LogP contribution < -0.4 is 10.1 Å². The SMILES string of the molecule is C=C(NCCC(=O)O)c1ccc(C(CC(C)(C)C)Oc2ccc(-c3ccc(C(F)(F)F)cc3)cc2)s1. The number of ether oxygens (including phenoxy) is 1. The van der Waals surface area contributed by atoms with Gasteiger partial charge in [-0.3, -0.25) is 4.79 Å². The molecule has 0 amide bonds. The number of nitrogens with one attached hydrogen (secondary N) is 1. The van der Waals surface area contributed by atoms with Gasteiger partial charge in [-0.1, -0.05) is 51.6 Å². The number of rotatable bonds is 10. The lowest BCUT2D eigenvalue weighted by Gasteiger charge is -2.26. The average Bonchev–Trinajstić information content (AvgIpc) is 3.28. The van der Waals surface area contributed by atoms with Crippen LogP contribution in [0.15, 0.2) is 67.2 Å². The summed E-state index contributed by atoms with van der Waals surface area (Å²) in [6.45, 7) is 10.7. The summed E-state index contributed by atoms with van der Waals surface area (Å²) in [5, 5.41) is 11.9. The Bertz CT molecular complexity index is 1180. The Morgan fingerprint density at radius 1 is 1.00 bits per heavy atom. The lowest BCUT2D eigenvalue weighted by atomic mass is 9.88. The molecule has 1 atom stereocenters. The van der Waals surface area contributed by atoms with Gasteiger partial charge in [-0.2, -0.15) is 13.2 Å². The minimum atomic E-state index is -4.36. The average molecular weight is 518 g/mol. The summed E-state index contributed by atoms with van der Waals surface area (Å²) in [6, 6.07) is 16.3. The standard InChI is InChI=1S/C28H30F3NO3S/c1-18(32-16-15-26(33)34)24-13-14-25(36-24)23(17-27(2,3)4)35-22-11-7-20(8-12-22)19-5-9-21(10-6-19)28(29,30)31/h5-14,23,32H,1,15-17H2,2-4H3,(H,33,34). The molecule has 0 bridgehead atoms. The molecule has 0 spiro atoms. The van der Waals surface area contributed by atoms with Crippen LogP contribution in [0, 0.1) is 5.41 Å². The second-order valence-corrected chi connectivity index (χ2v) is 10.8. The summed E-state index contributed by atoms with van der Waals surface area (Å²) in [6.07, 6.45) is -3.81. The van der Waals surface area contributed by atoms with E-state index >= 15 is 0 Å². The van der Waals surface area contributed by atoms with Crippen LogP contribution in [-0.4, -0.2) is 17.6 Å². The summed E-state index contributed by atoms with van der Waals surface area (Å²) >= 11 is 1.54. The quantitative estimate of drug-likeness (QED) is 0.286. The first kappa shape index (κ1) is 27.3. The first-order valence-electron chi connectivity index (χ1n) is 11.5. The monoisotopic (exact) mass is 517 g/mol. The molecule has 1 heterocycles.